The number of hydrogen-bond donors (Lipinski definition) is 1. The Morgan fingerprint density at radius 2 is 1.58 bits per heavy atom. The van der Waals surface area contributed by atoms with E-state index in [0.717, 1.165) is 24.3 Å². The van der Waals surface area contributed by atoms with Gasteiger partial charge in [-0.25, -0.2) is 0 Å². The van der Waals surface area contributed by atoms with Gasteiger partial charge in [0.2, 0.25) is 0 Å². The van der Waals surface area contributed by atoms with Crippen molar-refractivity contribution in [3.63, 3.8) is 0 Å². The first-order valence-corrected chi connectivity index (χ1v) is 10.7. The predicted molar refractivity (Wildman–Crippen MR) is 125 cm³/mol. The number of hydrogen-bond acceptors (Lipinski definition) is 3. The number of anilines is 2. The minimum atomic E-state index is -0.191. The molecule has 0 bridgehead atoms. The molecule has 6 heteroatoms. The summed E-state index contributed by atoms with van der Waals surface area (Å²) in [5.74, 6) is -0.218. The molecular weight excluding hydrogens is 410 g/mol. The van der Waals surface area contributed by atoms with Crippen LogP contribution in [0, 0.1) is 6.92 Å². The molecule has 1 fully saturated rings. The summed E-state index contributed by atoms with van der Waals surface area (Å²) in [6.45, 7) is 4.67. The molecule has 2 amide bonds. The number of rotatable bonds is 4. The Hall–Kier alpha value is -3.31. The lowest BCUT2D eigenvalue weighted by atomic mass is 10.1. The first kappa shape index (κ1) is 20.9. The fourth-order valence-electron chi connectivity index (χ4n) is 3.70. The van der Waals surface area contributed by atoms with E-state index in [2.05, 4.69) is 10.2 Å². The fourth-order valence-corrected chi connectivity index (χ4v) is 3.88. The molecular formula is C25H24ClN3O2. The summed E-state index contributed by atoms with van der Waals surface area (Å²) in [6.07, 6.45) is 0. The molecule has 1 heterocycles. The summed E-state index contributed by atoms with van der Waals surface area (Å²) >= 11 is 6.10. The molecule has 0 radical (unpaired) electrons. The van der Waals surface area contributed by atoms with E-state index in [1.54, 1.807) is 18.2 Å². The lowest BCUT2D eigenvalue weighted by Crippen LogP contribution is -2.48. The van der Waals surface area contributed by atoms with Gasteiger partial charge in [0.05, 0.1) is 0 Å². The third-order valence-electron chi connectivity index (χ3n) is 5.51. The Labute approximate surface area is 187 Å². The van der Waals surface area contributed by atoms with Crippen LogP contribution in [0.3, 0.4) is 0 Å². The van der Waals surface area contributed by atoms with Crippen molar-refractivity contribution in [3.05, 3.63) is 94.5 Å². The number of aryl methyl sites for hydroxylation is 1. The second-order valence-corrected chi connectivity index (χ2v) is 8.05. The van der Waals surface area contributed by atoms with Gasteiger partial charge in [-0.2, -0.15) is 0 Å². The van der Waals surface area contributed by atoms with Crippen molar-refractivity contribution in [1.82, 2.24) is 4.90 Å². The monoisotopic (exact) mass is 433 g/mol. The van der Waals surface area contributed by atoms with E-state index < -0.39 is 0 Å². The molecule has 5 nitrogen and oxygen atoms in total. The molecule has 1 aliphatic rings. The standard InChI is InChI=1S/C25H24ClN3O2/c1-18-10-11-20(16-23(18)27-24(30)19-6-3-2-4-7-19)25(31)29-14-12-28(13-15-29)22-9-5-8-21(26)17-22/h2-11,16-17H,12-15H2,1H3,(H,27,30). The van der Waals surface area contributed by atoms with Gasteiger partial charge in [0.15, 0.2) is 0 Å². The van der Waals surface area contributed by atoms with E-state index in [-0.39, 0.29) is 11.8 Å². The van der Waals surface area contributed by atoms with Crippen molar-refractivity contribution in [2.75, 3.05) is 36.4 Å². The van der Waals surface area contributed by atoms with Crippen LogP contribution in [0.2, 0.25) is 5.02 Å². The first-order valence-electron chi connectivity index (χ1n) is 10.3. The molecule has 1 aliphatic heterocycles. The summed E-state index contributed by atoms with van der Waals surface area (Å²) in [5.41, 5.74) is 3.78. The summed E-state index contributed by atoms with van der Waals surface area (Å²) in [5, 5.41) is 3.64. The van der Waals surface area contributed by atoms with Crippen molar-refractivity contribution in [2.45, 2.75) is 6.92 Å². The van der Waals surface area contributed by atoms with E-state index in [0.29, 0.717) is 34.9 Å². The predicted octanol–water partition coefficient (Wildman–Crippen LogP) is 4.86. The molecule has 31 heavy (non-hydrogen) atoms. The Morgan fingerprint density at radius 1 is 0.839 bits per heavy atom. The number of benzene rings is 3. The van der Waals surface area contributed by atoms with Crippen LogP contribution in [0.1, 0.15) is 26.3 Å². The van der Waals surface area contributed by atoms with Gasteiger partial charge < -0.3 is 15.1 Å². The van der Waals surface area contributed by atoms with Crippen molar-refractivity contribution in [1.29, 1.82) is 0 Å². The average molecular weight is 434 g/mol. The maximum Gasteiger partial charge on any atom is 0.255 e. The van der Waals surface area contributed by atoms with Crippen LogP contribution in [-0.2, 0) is 0 Å². The van der Waals surface area contributed by atoms with Gasteiger partial charge in [0.1, 0.15) is 0 Å². The molecule has 0 unspecified atom stereocenters. The van der Waals surface area contributed by atoms with E-state index in [9.17, 15) is 9.59 Å². The summed E-state index contributed by atoms with van der Waals surface area (Å²) < 4.78 is 0. The second kappa shape index (κ2) is 9.23. The highest BCUT2D eigenvalue weighted by Crippen LogP contribution is 2.23. The molecule has 0 atom stereocenters. The van der Waals surface area contributed by atoms with Gasteiger partial charge in [0, 0.05) is 53.7 Å². The number of amides is 2. The van der Waals surface area contributed by atoms with Gasteiger partial charge >= 0.3 is 0 Å². The van der Waals surface area contributed by atoms with Crippen LogP contribution < -0.4 is 10.2 Å². The highest BCUT2D eigenvalue weighted by atomic mass is 35.5. The zero-order valence-electron chi connectivity index (χ0n) is 17.3. The Morgan fingerprint density at radius 3 is 2.29 bits per heavy atom. The van der Waals surface area contributed by atoms with Crippen molar-refractivity contribution < 1.29 is 9.59 Å². The van der Waals surface area contributed by atoms with Crippen LogP contribution in [0.5, 0.6) is 0 Å². The molecule has 1 saturated heterocycles. The maximum absolute atomic E-state index is 13.1. The van der Waals surface area contributed by atoms with Crippen LogP contribution in [0.15, 0.2) is 72.8 Å². The number of halogens is 1. The largest absolute Gasteiger partial charge is 0.368 e. The van der Waals surface area contributed by atoms with Gasteiger partial charge in [-0.1, -0.05) is 41.9 Å². The van der Waals surface area contributed by atoms with Gasteiger partial charge in [-0.15, -0.1) is 0 Å². The van der Waals surface area contributed by atoms with Crippen LogP contribution >= 0.6 is 11.6 Å². The zero-order valence-corrected chi connectivity index (χ0v) is 18.1. The third kappa shape index (κ3) is 4.89. The molecule has 0 saturated carbocycles. The quantitative estimate of drug-likeness (QED) is 0.639. The Balaban J connectivity index is 1.43. The van der Waals surface area contributed by atoms with Gasteiger partial charge in [0.25, 0.3) is 11.8 Å². The number of piperazine rings is 1. The summed E-state index contributed by atoms with van der Waals surface area (Å²) in [4.78, 5) is 29.7. The van der Waals surface area contributed by atoms with Crippen LogP contribution in [0.25, 0.3) is 0 Å². The molecule has 0 spiro atoms. The molecule has 0 aliphatic carbocycles. The summed E-state index contributed by atoms with van der Waals surface area (Å²) in [7, 11) is 0. The average Bonchev–Trinajstić information content (AvgIpc) is 2.80. The highest BCUT2D eigenvalue weighted by Gasteiger charge is 2.23. The van der Waals surface area contributed by atoms with E-state index in [4.69, 9.17) is 11.6 Å². The van der Waals surface area contributed by atoms with Crippen molar-refractivity contribution in [2.24, 2.45) is 0 Å². The van der Waals surface area contributed by atoms with E-state index >= 15 is 0 Å². The molecule has 1 N–H and O–H groups in total. The van der Waals surface area contributed by atoms with Gasteiger partial charge in [-0.05, 0) is 55.0 Å². The third-order valence-corrected chi connectivity index (χ3v) is 5.74. The number of nitrogens with zero attached hydrogens (tertiary/aromatic N) is 2. The van der Waals surface area contributed by atoms with E-state index in [1.807, 2.05) is 66.4 Å². The zero-order chi connectivity index (χ0) is 21.8. The topological polar surface area (TPSA) is 52.7 Å². The number of carbonyl (C=O) groups excluding carboxylic acids is 2. The lowest BCUT2D eigenvalue weighted by Gasteiger charge is -2.36. The second-order valence-electron chi connectivity index (χ2n) is 7.61. The minimum absolute atomic E-state index is 0.0269. The number of nitrogens with one attached hydrogen (secondary N) is 1. The van der Waals surface area contributed by atoms with Gasteiger partial charge in [-0.3, -0.25) is 9.59 Å². The fraction of sp³-hybridized carbons (Fsp3) is 0.200. The van der Waals surface area contributed by atoms with E-state index in [1.165, 1.54) is 0 Å². The molecule has 0 aromatic heterocycles. The van der Waals surface area contributed by atoms with Crippen molar-refractivity contribution in [3.8, 4) is 0 Å². The molecule has 4 rings (SSSR count). The first-order chi connectivity index (χ1) is 15.0. The minimum Gasteiger partial charge on any atom is -0.368 e. The maximum atomic E-state index is 13.1. The molecule has 3 aromatic carbocycles. The number of carbonyl (C=O) groups is 2. The van der Waals surface area contributed by atoms with Crippen LogP contribution in [0.4, 0.5) is 11.4 Å². The molecule has 158 valence electrons. The lowest BCUT2D eigenvalue weighted by molar-refractivity contribution is 0.0746. The SMILES string of the molecule is Cc1ccc(C(=O)N2CCN(c3cccc(Cl)c3)CC2)cc1NC(=O)c1ccccc1. The summed E-state index contributed by atoms with van der Waals surface area (Å²) in [6, 6.07) is 22.3. The van der Waals surface area contributed by atoms with Crippen LogP contribution in [-0.4, -0.2) is 42.9 Å². The Bertz CT molecular complexity index is 1090. The Kier molecular flexibility index (Phi) is 6.23. The smallest absolute Gasteiger partial charge is 0.255 e. The van der Waals surface area contributed by atoms with Crippen molar-refractivity contribution >= 4 is 34.8 Å². The molecule has 3 aromatic rings. The normalized spacial score (nSPS) is 13.7. The highest BCUT2D eigenvalue weighted by molar-refractivity contribution is 6.30.